The van der Waals surface area contributed by atoms with Gasteiger partial charge < -0.3 is 0 Å². The second-order valence-electron chi connectivity index (χ2n) is 1.23. The second-order valence-corrected chi connectivity index (χ2v) is 3.70. The average Bonchev–Trinajstić information content (AvgIpc) is 0.722. The predicted molar refractivity (Wildman–Crippen MR) is 29.9 cm³/mol. The van der Waals surface area contributed by atoms with Gasteiger partial charge in [-0.05, 0) is 0 Å². The molecule has 34 valence electrons. The summed E-state index contributed by atoms with van der Waals surface area (Å²) in [5, 5.41) is 0. The molecule has 0 unspecified atom stereocenters. The molecule has 0 saturated carbocycles. The Hall–Kier alpha value is 1.59. The summed E-state index contributed by atoms with van der Waals surface area (Å²) in [6.07, 6.45) is 2.76. The van der Waals surface area contributed by atoms with E-state index in [1.165, 1.54) is 12.5 Å². The third-order valence-corrected chi connectivity index (χ3v) is 0. The van der Waals surface area contributed by atoms with Crippen molar-refractivity contribution >= 4 is 61.1 Å². The Labute approximate surface area is 81.1 Å². The first-order valence-electron chi connectivity index (χ1n) is 1.19. The molecule has 0 radical (unpaired) electrons. The second kappa shape index (κ2) is 3.57. The van der Waals surface area contributed by atoms with Gasteiger partial charge in [-0.25, -0.2) is 0 Å². The minimum absolute atomic E-state index is 0. The Balaban J connectivity index is 0. The van der Waals surface area contributed by atoms with Crippen molar-refractivity contribution in [2.24, 2.45) is 0 Å². The van der Waals surface area contributed by atoms with Crippen LogP contribution in [0.1, 0.15) is 0 Å². The molecule has 0 aromatic heterocycles. The number of hydrogen-bond donors (Lipinski definition) is 1. The zero-order valence-electron chi connectivity index (χ0n) is 3.32. The van der Waals surface area contributed by atoms with Crippen LogP contribution in [0.15, 0.2) is 0 Å². The fourth-order valence-electron chi connectivity index (χ4n) is 0. The molecule has 0 aromatic carbocycles. The van der Waals surface area contributed by atoms with Crippen LogP contribution in [-0.4, -0.2) is 68.1 Å². The standard InChI is InChI=1S/C2H7NOS.K.H/c1-5(2,3)4;;/h3H,1-2H3;;. The first kappa shape index (κ1) is 10.5. The fraction of sp³-hybridized carbons (Fsp3) is 1.00. The van der Waals surface area contributed by atoms with Gasteiger partial charge in [-0.1, -0.05) is 0 Å². The molecule has 4 heteroatoms. The zero-order valence-corrected chi connectivity index (χ0v) is 4.13. The fourth-order valence-corrected chi connectivity index (χ4v) is 0. The van der Waals surface area contributed by atoms with Crippen LogP contribution in [0.4, 0.5) is 0 Å². The zero-order chi connectivity index (χ0) is 4.50. The summed E-state index contributed by atoms with van der Waals surface area (Å²) >= 11 is 0. The monoisotopic (exact) mass is 133 g/mol. The molecular weight excluding hydrogens is 125 g/mol. The van der Waals surface area contributed by atoms with Gasteiger partial charge in [-0.15, -0.1) is 0 Å². The molecule has 0 aliphatic rings. The molecule has 0 fully saturated rings. The maximum atomic E-state index is 9.85. The molecule has 1 N–H and O–H groups in total. The Morgan fingerprint density at radius 1 is 1.50 bits per heavy atom. The summed E-state index contributed by atoms with van der Waals surface area (Å²) in [5.74, 6) is 0. The molecule has 0 atom stereocenters. The summed E-state index contributed by atoms with van der Waals surface area (Å²) in [6.45, 7) is 0. The van der Waals surface area contributed by atoms with Gasteiger partial charge in [0.25, 0.3) is 0 Å². The topological polar surface area (TPSA) is 40.9 Å². The number of nitrogens with one attached hydrogen (secondary N) is 1. The first-order chi connectivity index (χ1) is 2.00. The molecule has 0 saturated heterocycles. The Bertz CT molecular complexity index is 96.7. The van der Waals surface area contributed by atoms with Crippen molar-refractivity contribution in [3.8, 4) is 0 Å². The number of rotatable bonds is 0. The summed E-state index contributed by atoms with van der Waals surface area (Å²) in [6, 6.07) is 0. The molecule has 0 aromatic rings. The van der Waals surface area contributed by atoms with Crippen LogP contribution in [0.5, 0.6) is 0 Å². The van der Waals surface area contributed by atoms with E-state index in [1.807, 2.05) is 0 Å². The van der Waals surface area contributed by atoms with E-state index in [9.17, 15) is 4.21 Å². The molecular formula is C2H8KNOS. The summed E-state index contributed by atoms with van der Waals surface area (Å²) in [7, 11) is -2.17. The van der Waals surface area contributed by atoms with Gasteiger partial charge >= 0.3 is 51.4 Å². The van der Waals surface area contributed by atoms with Crippen molar-refractivity contribution in [3.63, 3.8) is 0 Å². The van der Waals surface area contributed by atoms with Gasteiger partial charge in [0.2, 0.25) is 0 Å². The van der Waals surface area contributed by atoms with Gasteiger partial charge in [-0.3, -0.25) is 8.99 Å². The molecule has 0 aliphatic heterocycles. The van der Waals surface area contributed by atoms with Crippen LogP contribution in [-0.2, 0) is 9.73 Å². The van der Waals surface area contributed by atoms with E-state index in [0.717, 1.165) is 0 Å². The molecule has 2 nitrogen and oxygen atoms in total. The third-order valence-electron chi connectivity index (χ3n) is 0. The molecule has 0 amide bonds. The van der Waals surface area contributed by atoms with Crippen molar-refractivity contribution in [2.45, 2.75) is 0 Å². The Morgan fingerprint density at radius 2 is 1.50 bits per heavy atom. The minimum atomic E-state index is -2.17. The third kappa shape index (κ3) is 46.7. The van der Waals surface area contributed by atoms with Crippen molar-refractivity contribution in [1.82, 2.24) is 0 Å². The van der Waals surface area contributed by atoms with Crippen molar-refractivity contribution in [3.05, 3.63) is 0 Å². The van der Waals surface area contributed by atoms with Gasteiger partial charge in [0.15, 0.2) is 0 Å². The van der Waals surface area contributed by atoms with E-state index in [1.54, 1.807) is 0 Å². The van der Waals surface area contributed by atoms with Crippen molar-refractivity contribution in [2.75, 3.05) is 12.5 Å². The van der Waals surface area contributed by atoms with Crippen molar-refractivity contribution in [1.29, 1.82) is 4.78 Å². The van der Waals surface area contributed by atoms with Crippen LogP contribution in [0, 0.1) is 4.78 Å². The van der Waals surface area contributed by atoms with Gasteiger partial charge in [0.05, 0.1) is 0 Å². The van der Waals surface area contributed by atoms with Crippen molar-refractivity contribution < 1.29 is 4.21 Å². The predicted octanol–water partition coefficient (Wildman–Crippen LogP) is -0.356. The summed E-state index contributed by atoms with van der Waals surface area (Å²) in [4.78, 5) is 0. The van der Waals surface area contributed by atoms with E-state index in [0.29, 0.717) is 0 Å². The molecule has 0 spiro atoms. The maximum absolute atomic E-state index is 9.85. The van der Waals surface area contributed by atoms with Crippen LogP contribution in [0.25, 0.3) is 0 Å². The first-order valence-corrected chi connectivity index (χ1v) is 3.56. The Kier molecular flexibility index (Phi) is 6.28. The quantitative estimate of drug-likeness (QED) is 0.451. The van der Waals surface area contributed by atoms with E-state index < -0.39 is 9.73 Å². The van der Waals surface area contributed by atoms with E-state index in [4.69, 9.17) is 4.78 Å². The molecule has 0 aliphatic carbocycles. The van der Waals surface area contributed by atoms with Gasteiger partial charge in [-0.2, -0.15) is 0 Å². The molecule has 0 bridgehead atoms. The van der Waals surface area contributed by atoms with Gasteiger partial charge in [0, 0.05) is 22.2 Å². The van der Waals surface area contributed by atoms with Crippen LogP contribution in [0.3, 0.4) is 0 Å². The van der Waals surface area contributed by atoms with E-state index in [2.05, 4.69) is 0 Å². The van der Waals surface area contributed by atoms with Crippen LogP contribution < -0.4 is 0 Å². The molecule has 0 rings (SSSR count). The normalized spacial score (nSPS) is 9.67. The molecule has 0 heterocycles. The van der Waals surface area contributed by atoms with E-state index >= 15 is 0 Å². The SMILES string of the molecule is CS(C)(=N)=O.[KH]. The van der Waals surface area contributed by atoms with E-state index in [-0.39, 0.29) is 51.4 Å². The molecule has 6 heavy (non-hydrogen) atoms. The number of hydrogen-bond acceptors (Lipinski definition) is 2. The summed E-state index contributed by atoms with van der Waals surface area (Å²) in [5.41, 5.74) is 0. The van der Waals surface area contributed by atoms with Crippen LogP contribution in [0.2, 0.25) is 0 Å². The average molecular weight is 133 g/mol. The van der Waals surface area contributed by atoms with Gasteiger partial charge in [0.1, 0.15) is 0 Å². The summed E-state index contributed by atoms with van der Waals surface area (Å²) < 4.78 is 16.3. The van der Waals surface area contributed by atoms with Crippen LogP contribution >= 0.6 is 0 Å². The Morgan fingerprint density at radius 3 is 1.50 bits per heavy atom.